The van der Waals surface area contributed by atoms with Gasteiger partial charge in [-0.1, -0.05) is 84.9 Å². The summed E-state index contributed by atoms with van der Waals surface area (Å²) in [5.74, 6) is -0.444. The predicted octanol–water partition coefficient (Wildman–Crippen LogP) is 6.10. The van der Waals surface area contributed by atoms with Gasteiger partial charge in [-0.25, -0.2) is 4.79 Å². The Bertz CT molecular complexity index is 1580. The Morgan fingerprint density at radius 2 is 1.60 bits per heavy atom. The molecule has 0 spiro atoms. The Labute approximate surface area is 266 Å². The molecule has 2 N–H and O–H groups in total. The van der Waals surface area contributed by atoms with Gasteiger partial charge in [0, 0.05) is 30.5 Å². The van der Waals surface area contributed by atoms with E-state index in [0.717, 1.165) is 22.3 Å². The average Bonchev–Trinajstić information content (AvgIpc) is 3.56. The first kappa shape index (κ1) is 31.1. The number of amides is 1. The third-order valence-electron chi connectivity index (χ3n) is 9.30. The van der Waals surface area contributed by atoms with Crippen molar-refractivity contribution in [1.29, 1.82) is 0 Å². The molecule has 1 saturated heterocycles. The molecule has 5 atom stereocenters. The molecule has 6 rings (SSSR count). The van der Waals surface area contributed by atoms with Gasteiger partial charge in [-0.15, -0.1) is 0 Å². The fraction of sp³-hybridized carbons (Fsp3) is 0.421. The van der Waals surface area contributed by atoms with Crippen molar-refractivity contribution in [1.82, 2.24) is 10.2 Å². The van der Waals surface area contributed by atoms with Crippen LogP contribution in [0.5, 0.6) is 0 Å². The molecular formula is C38H44N2O5. The van der Waals surface area contributed by atoms with Gasteiger partial charge in [0.2, 0.25) is 0 Å². The van der Waals surface area contributed by atoms with E-state index in [1.807, 2.05) is 126 Å². The minimum atomic E-state index is -1.03. The van der Waals surface area contributed by atoms with Gasteiger partial charge in [-0.3, -0.25) is 9.69 Å². The summed E-state index contributed by atoms with van der Waals surface area (Å²) in [5.41, 5.74) is 2.04. The molecule has 236 valence electrons. The predicted molar refractivity (Wildman–Crippen MR) is 174 cm³/mol. The molecule has 0 aromatic heterocycles. The van der Waals surface area contributed by atoms with Gasteiger partial charge in [-0.2, -0.15) is 0 Å². The molecule has 2 aliphatic heterocycles. The van der Waals surface area contributed by atoms with Gasteiger partial charge < -0.3 is 19.9 Å². The van der Waals surface area contributed by atoms with Crippen molar-refractivity contribution in [3.05, 3.63) is 119 Å². The number of ether oxygens (including phenoxy) is 2. The Hall–Kier alpha value is -3.94. The van der Waals surface area contributed by atoms with Crippen molar-refractivity contribution >= 4 is 11.9 Å². The van der Waals surface area contributed by atoms with Crippen LogP contribution in [-0.4, -0.2) is 57.0 Å². The number of aliphatic hydroxyl groups excluding tert-OH is 1. The van der Waals surface area contributed by atoms with Crippen LogP contribution in [0.3, 0.4) is 0 Å². The molecule has 1 aliphatic carbocycles. The van der Waals surface area contributed by atoms with Crippen LogP contribution in [0.15, 0.2) is 96.7 Å². The number of ketones is 1. The number of hydrogen-bond donors (Lipinski definition) is 2. The molecule has 7 nitrogen and oxygen atoms in total. The Kier molecular flexibility index (Phi) is 8.12. The lowest BCUT2D eigenvalue weighted by Gasteiger charge is -2.36. The number of fused-ring (bicyclic) bond motifs is 1. The maximum atomic E-state index is 14.8. The van der Waals surface area contributed by atoms with Crippen LogP contribution in [0.2, 0.25) is 0 Å². The number of rotatable bonds is 7. The first-order chi connectivity index (χ1) is 21.4. The summed E-state index contributed by atoms with van der Waals surface area (Å²) >= 11 is 0. The van der Waals surface area contributed by atoms with Gasteiger partial charge in [0.15, 0.2) is 5.78 Å². The van der Waals surface area contributed by atoms with E-state index in [-0.39, 0.29) is 11.8 Å². The van der Waals surface area contributed by atoms with Crippen LogP contribution in [0.4, 0.5) is 4.79 Å². The SMILES string of the molecule is CC(C)(C)OC(=O)N1[C@@H](Cc2ccccc2)[C@H](C[C@]2(Cc3ccccc3)NC=C(C3c4ccccc4C[C@H]3O)C2=O)OC1(C)C. The summed E-state index contributed by atoms with van der Waals surface area (Å²) in [5, 5.41) is 14.7. The maximum absolute atomic E-state index is 14.8. The topological polar surface area (TPSA) is 88.1 Å². The number of aliphatic hydroxyl groups is 1. The minimum absolute atomic E-state index is 0.0392. The van der Waals surface area contributed by atoms with E-state index < -0.39 is 41.1 Å². The smallest absolute Gasteiger partial charge is 0.412 e. The van der Waals surface area contributed by atoms with Crippen LogP contribution in [0.25, 0.3) is 0 Å². The van der Waals surface area contributed by atoms with Crippen LogP contribution >= 0.6 is 0 Å². The molecule has 3 aromatic carbocycles. The van der Waals surface area contributed by atoms with E-state index in [1.165, 1.54) is 0 Å². The van der Waals surface area contributed by atoms with Gasteiger partial charge in [0.05, 0.1) is 18.2 Å². The molecule has 45 heavy (non-hydrogen) atoms. The third kappa shape index (κ3) is 6.16. The maximum Gasteiger partial charge on any atom is 0.412 e. The lowest BCUT2D eigenvalue weighted by atomic mass is 9.76. The number of nitrogens with one attached hydrogen (secondary N) is 1. The number of carbonyl (C=O) groups excluding carboxylic acids is 2. The molecule has 3 aliphatic rings. The molecule has 3 aromatic rings. The lowest BCUT2D eigenvalue weighted by Crippen LogP contribution is -2.54. The van der Waals surface area contributed by atoms with E-state index >= 15 is 0 Å². The molecule has 0 saturated carbocycles. The highest BCUT2D eigenvalue weighted by Gasteiger charge is 2.56. The molecule has 2 heterocycles. The van der Waals surface area contributed by atoms with Crippen molar-refractivity contribution in [2.24, 2.45) is 0 Å². The van der Waals surface area contributed by atoms with E-state index in [4.69, 9.17) is 9.47 Å². The molecular weight excluding hydrogens is 564 g/mol. The quantitative estimate of drug-likeness (QED) is 0.337. The van der Waals surface area contributed by atoms with Gasteiger partial charge in [-0.05, 0) is 69.7 Å². The highest BCUT2D eigenvalue weighted by molar-refractivity contribution is 6.06. The van der Waals surface area contributed by atoms with Crippen molar-refractivity contribution in [2.45, 2.75) is 101 Å². The Balaban J connectivity index is 1.37. The zero-order chi connectivity index (χ0) is 32.0. The Morgan fingerprint density at radius 3 is 2.27 bits per heavy atom. The van der Waals surface area contributed by atoms with Crippen LogP contribution < -0.4 is 5.32 Å². The normalized spacial score (nSPS) is 27.2. The largest absolute Gasteiger partial charge is 0.444 e. The standard InChI is InChI=1S/C38H44N2O5/c1-36(2,3)45-35(43)40-30(20-25-14-8-6-9-15-25)32(44-37(40,4)5)23-38(22-26-16-10-7-11-17-26)34(42)29(24-39-38)33-28-19-13-12-18-27(28)21-31(33)41/h6-19,24,30-33,39,41H,20-23H2,1-5H3/t30-,31+,32-,33?,38-/m0/s1. The first-order valence-corrected chi connectivity index (χ1v) is 15.9. The zero-order valence-corrected chi connectivity index (χ0v) is 26.8. The number of hydrogen-bond acceptors (Lipinski definition) is 6. The fourth-order valence-corrected chi connectivity index (χ4v) is 7.44. The molecule has 1 amide bonds. The van der Waals surface area contributed by atoms with Crippen LogP contribution in [0, 0.1) is 0 Å². The fourth-order valence-electron chi connectivity index (χ4n) is 7.44. The number of nitrogens with zero attached hydrogens (tertiary/aromatic N) is 1. The summed E-state index contributed by atoms with van der Waals surface area (Å²) in [4.78, 5) is 30.3. The van der Waals surface area contributed by atoms with Crippen molar-refractivity contribution in [3.8, 4) is 0 Å². The van der Waals surface area contributed by atoms with Crippen molar-refractivity contribution in [2.75, 3.05) is 0 Å². The highest BCUT2D eigenvalue weighted by atomic mass is 16.6. The summed E-state index contributed by atoms with van der Waals surface area (Å²) in [7, 11) is 0. The molecule has 1 fully saturated rings. The van der Waals surface area contributed by atoms with Crippen LogP contribution in [0.1, 0.15) is 69.2 Å². The summed E-state index contributed by atoms with van der Waals surface area (Å²) < 4.78 is 12.7. The second-order valence-corrected chi connectivity index (χ2v) is 14.2. The summed E-state index contributed by atoms with van der Waals surface area (Å²) in [6.07, 6.45) is 2.03. The molecule has 1 unspecified atom stereocenters. The van der Waals surface area contributed by atoms with E-state index in [0.29, 0.717) is 31.3 Å². The third-order valence-corrected chi connectivity index (χ3v) is 9.30. The van der Waals surface area contributed by atoms with Gasteiger partial charge >= 0.3 is 6.09 Å². The summed E-state index contributed by atoms with van der Waals surface area (Å²) in [6.45, 7) is 9.35. The van der Waals surface area contributed by atoms with E-state index in [2.05, 4.69) is 5.32 Å². The van der Waals surface area contributed by atoms with Crippen molar-refractivity contribution in [3.63, 3.8) is 0 Å². The number of Topliss-reactive ketones (excluding diaryl/α,β-unsaturated/α-hetero) is 1. The second-order valence-electron chi connectivity index (χ2n) is 14.2. The Morgan fingerprint density at radius 1 is 0.978 bits per heavy atom. The van der Waals surface area contributed by atoms with E-state index in [9.17, 15) is 14.7 Å². The van der Waals surface area contributed by atoms with Crippen molar-refractivity contribution < 1.29 is 24.2 Å². The van der Waals surface area contributed by atoms with E-state index in [1.54, 1.807) is 4.90 Å². The van der Waals surface area contributed by atoms with Gasteiger partial charge in [0.1, 0.15) is 16.9 Å². The lowest BCUT2D eigenvalue weighted by molar-refractivity contribution is -0.124. The average molecular weight is 609 g/mol. The van der Waals surface area contributed by atoms with Crippen LogP contribution in [-0.2, 0) is 33.5 Å². The minimum Gasteiger partial charge on any atom is -0.444 e. The van der Waals surface area contributed by atoms with Gasteiger partial charge in [0.25, 0.3) is 0 Å². The number of carbonyl (C=O) groups is 2. The zero-order valence-electron chi connectivity index (χ0n) is 26.8. The first-order valence-electron chi connectivity index (χ1n) is 15.9. The number of benzene rings is 3. The second kappa shape index (κ2) is 11.8. The molecule has 7 heteroatoms. The monoisotopic (exact) mass is 608 g/mol. The summed E-state index contributed by atoms with van der Waals surface area (Å²) in [6, 6.07) is 27.6. The molecule has 0 radical (unpaired) electrons. The highest BCUT2D eigenvalue weighted by Crippen LogP contribution is 2.45. The molecule has 0 bridgehead atoms.